The van der Waals surface area contributed by atoms with Gasteiger partial charge in [-0.15, -0.1) is 0 Å². The number of fused-ring (bicyclic) bond motifs is 5. The van der Waals surface area contributed by atoms with Crippen molar-refractivity contribution in [3.05, 3.63) is 164 Å². The van der Waals surface area contributed by atoms with Gasteiger partial charge in [0.05, 0.1) is 29.9 Å². The van der Waals surface area contributed by atoms with Crippen molar-refractivity contribution in [2.75, 3.05) is 6.54 Å². The maximum Gasteiger partial charge on any atom is 0.180 e. The number of para-hydroxylation sites is 3. The maximum absolute atomic E-state index is 4.17. The number of hydrogen-bond acceptors (Lipinski definition) is 6. The zero-order valence-corrected chi connectivity index (χ0v) is 25.1. The second-order valence-corrected chi connectivity index (χ2v) is 10.2. The van der Waals surface area contributed by atoms with Crippen LogP contribution >= 0.6 is 0 Å². The molecule has 0 fully saturated rings. The van der Waals surface area contributed by atoms with E-state index in [1.165, 1.54) is 28.5 Å². The average Bonchev–Trinajstić information content (AvgIpc) is 3.96. The quantitative estimate of drug-likeness (QED) is 0.163. The van der Waals surface area contributed by atoms with Crippen molar-refractivity contribution in [3.63, 3.8) is 0 Å². The lowest BCUT2D eigenvalue weighted by Gasteiger charge is -2.23. The predicted molar refractivity (Wildman–Crippen MR) is 187 cm³/mol. The Morgan fingerprint density at radius 2 is 1.57 bits per heavy atom. The third kappa shape index (κ3) is 7.97. The van der Waals surface area contributed by atoms with Gasteiger partial charge in [-0.25, -0.2) is 15.0 Å². The summed E-state index contributed by atoms with van der Waals surface area (Å²) in [5.41, 5.74) is 7.65. The lowest BCUT2D eigenvalue weighted by Crippen LogP contribution is -2.18. The summed E-state index contributed by atoms with van der Waals surface area (Å²) in [7, 11) is 0. The van der Waals surface area contributed by atoms with Crippen LogP contribution in [0.5, 0.6) is 0 Å². The van der Waals surface area contributed by atoms with E-state index in [-0.39, 0.29) is 0 Å². The number of rotatable bonds is 0. The van der Waals surface area contributed by atoms with Gasteiger partial charge < -0.3 is 14.9 Å². The highest BCUT2D eigenvalue weighted by molar-refractivity contribution is 5.79. The first-order valence-corrected chi connectivity index (χ1v) is 14.9. The third-order valence-corrected chi connectivity index (χ3v) is 7.12. The van der Waals surface area contributed by atoms with Gasteiger partial charge in [-0.3, -0.25) is 10.1 Å². The molecule has 0 aliphatic carbocycles. The lowest BCUT2D eigenvalue weighted by molar-refractivity contribution is 0.523. The fraction of sp³-hybridized carbons (Fsp3) is 0.0541. The molecule has 46 heavy (non-hydrogen) atoms. The lowest BCUT2D eigenvalue weighted by atomic mass is 10.2. The highest BCUT2D eigenvalue weighted by atomic mass is 15.1. The summed E-state index contributed by atoms with van der Waals surface area (Å²) in [6.45, 7) is 1.01. The van der Waals surface area contributed by atoms with Crippen LogP contribution in [-0.4, -0.2) is 52.8 Å². The molecule has 0 radical (unpaired) electrons. The van der Waals surface area contributed by atoms with Crippen LogP contribution in [0.1, 0.15) is 5.56 Å². The van der Waals surface area contributed by atoms with Crippen LogP contribution in [0.25, 0.3) is 33.0 Å². The monoisotopic (exact) mass is 603 g/mol. The summed E-state index contributed by atoms with van der Waals surface area (Å²) in [6, 6.07) is 26.5. The molecule has 9 nitrogen and oxygen atoms in total. The van der Waals surface area contributed by atoms with E-state index < -0.39 is 0 Å². The van der Waals surface area contributed by atoms with E-state index in [2.05, 4.69) is 112 Å². The van der Waals surface area contributed by atoms with Crippen LogP contribution in [0.3, 0.4) is 0 Å². The van der Waals surface area contributed by atoms with E-state index >= 15 is 0 Å². The number of benzene rings is 3. The first-order valence-electron chi connectivity index (χ1n) is 14.9. The topological polar surface area (TPSA) is 115 Å². The second kappa shape index (κ2) is 15.4. The number of aliphatic imine (C=N–C) groups is 1. The molecule has 3 aliphatic heterocycles. The zero-order valence-electron chi connectivity index (χ0n) is 25.1. The fourth-order valence-electron chi connectivity index (χ4n) is 4.77. The van der Waals surface area contributed by atoms with Crippen LogP contribution < -0.4 is 0 Å². The molecule has 0 spiro atoms. The Balaban J connectivity index is 0.000000101. The van der Waals surface area contributed by atoms with Gasteiger partial charge in [-0.2, -0.15) is 5.10 Å². The second-order valence-electron chi connectivity index (χ2n) is 10.2. The summed E-state index contributed by atoms with van der Waals surface area (Å²) in [5.74, 6) is 0. The number of H-pyrrole nitrogens is 3. The minimum atomic E-state index is 0.713. The molecule has 3 aromatic carbocycles. The van der Waals surface area contributed by atoms with Crippen LogP contribution in [0.4, 0.5) is 5.69 Å². The van der Waals surface area contributed by atoms with Crippen molar-refractivity contribution in [1.82, 2.24) is 40.0 Å². The largest absolute Gasteiger partial charge is 0.361 e. The predicted octanol–water partition coefficient (Wildman–Crippen LogP) is 7.85. The van der Waals surface area contributed by atoms with Crippen molar-refractivity contribution in [2.45, 2.75) is 6.42 Å². The summed E-state index contributed by atoms with van der Waals surface area (Å²) >= 11 is 0. The number of aromatic amines is 3. The van der Waals surface area contributed by atoms with Crippen molar-refractivity contribution in [3.8, 4) is 0 Å². The van der Waals surface area contributed by atoms with Gasteiger partial charge in [-0.05, 0) is 53.4 Å². The number of hydrogen-bond donors (Lipinski definition) is 3. The van der Waals surface area contributed by atoms with E-state index in [9.17, 15) is 0 Å². The van der Waals surface area contributed by atoms with Gasteiger partial charge in [-0.1, -0.05) is 72.8 Å². The number of allylic oxidation sites excluding steroid dienone is 5. The Labute approximate surface area is 266 Å². The molecule has 0 bridgehead atoms. The van der Waals surface area contributed by atoms with Gasteiger partial charge in [0.25, 0.3) is 0 Å². The molecule has 0 unspecified atom stereocenters. The van der Waals surface area contributed by atoms with Crippen molar-refractivity contribution in [1.29, 1.82) is 0 Å². The van der Waals surface area contributed by atoms with Crippen LogP contribution in [0.15, 0.2) is 163 Å². The first kappa shape index (κ1) is 29.7. The molecule has 226 valence electrons. The molecule has 7 aromatic rings. The molecule has 0 atom stereocenters. The van der Waals surface area contributed by atoms with Gasteiger partial charge in [0.1, 0.15) is 11.8 Å². The molecular weight excluding hydrogens is 570 g/mol. The molecule has 0 amide bonds. The molecule has 0 saturated carbocycles. The third-order valence-electron chi connectivity index (χ3n) is 7.12. The molecule has 0 saturated heterocycles. The van der Waals surface area contributed by atoms with Gasteiger partial charge >= 0.3 is 0 Å². The van der Waals surface area contributed by atoms with Gasteiger partial charge in [0, 0.05) is 48.2 Å². The summed E-state index contributed by atoms with van der Waals surface area (Å²) in [6.07, 6.45) is 26.2. The van der Waals surface area contributed by atoms with Crippen LogP contribution in [-0.2, 0) is 6.42 Å². The number of imidazole rings is 1. The first-order chi connectivity index (χ1) is 22.8. The molecule has 4 aromatic heterocycles. The molecular formula is C37H33N9. The normalized spacial score (nSPS) is 13.2. The van der Waals surface area contributed by atoms with E-state index in [1.807, 2.05) is 73.2 Å². The van der Waals surface area contributed by atoms with Crippen molar-refractivity contribution in [2.24, 2.45) is 4.99 Å². The molecule has 10 rings (SSSR count). The minimum absolute atomic E-state index is 0.713. The number of aromatic nitrogens is 7. The Kier molecular flexibility index (Phi) is 9.94. The fourth-order valence-corrected chi connectivity index (χ4v) is 4.77. The van der Waals surface area contributed by atoms with Gasteiger partial charge in [0.15, 0.2) is 5.65 Å². The highest BCUT2D eigenvalue weighted by Gasteiger charge is 2.05. The Hall–Kier alpha value is -6.35. The SMILES string of the molecule is C1=CCN2C=CC=CC2=C1.C1=Nc2ccccc2C1.c1ccc2[nH]ccc2c1.c1ccc2[nH]ncc2c1.c1ncc2[nH]cnc2n1. The van der Waals surface area contributed by atoms with E-state index in [0.29, 0.717) is 5.65 Å². The summed E-state index contributed by atoms with van der Waals surface area (Å²) in [4.78, 5) is 24.0. The van der Waals surface area contributed by atoms with Crippen LogP contribution in [0, 0.1) is 0 Å². The molecule has 9 heteroatoms. The Morgan fingerprint density at radius 3 is 2.41 bits per heavy atom. The van der Waals surface area contributed by atoms with Crippen molar-refractivity contribution >= 4 is 44.9 Å². The summed E-state index contributed by atoms with van der Waals surface area (Å²) in [5, 5.41) is 9.19. The summed E-state index contributed by atoms with van der Waals surface area (Å²) < 4.78 is 0. The van der Waals surface area contributed by atoms with Gasteiger partial charge in [0.2, 0.25) is 0 Å². The molecule has 3 aliphatic rings. The standard InChI is InChI=1S/C9H9N.2C8H7N.C7H6N2.C5H4N4/c1-3-7-10-8-4-2-6-9(10)5-1;2*1-2-4-8-7(3-1)5-6-9-8;1-2-4-7-6(3-1)5-8-9-7;1-4-5(8-2-6-1)9-3-7-4/h1-7H,8H2;1-4,6H,5H2;1-6,9H;1-5H,(H,8,9);1-3H,(H,6,7,8,9). The van der Waals surface area contributed by atoms with Crippen molar-refractivity contribution < 1.29 is 0 Å². The Morgan fingerprint density at radius 1 is 0.717 bits per heavy atom. The zero-order chi connectivity index (χ0) is 31.2. The maximum atomic E-state index is 4.17. The van der Waals surface area contributed by atoms with E-state index in [1.54, 1.807) is 12.5 Å². The van der Waals surface area contributed by atoms with Crippen LogP contribution in [0.2, 0.25) is 0 Å². The molecule has 7 heterocycles. The van der Waals surface area contributed by atoms with E-state index in [0.717, 1.165) is 35.1 Å². The molecule has 3 N–H and O–H groups in total. The minimum Gasteiger partial charge on any atom is -0.361 e. The smallest absolute Gasteiger partial charge is 0.180 e. The Bertz CT molecular complexity index is 1890. The average molecular weight is 604 g/mol. The van der Waals surface area contributed by atoms with E-state index in [4.69, 9.17) is 0 Å². The highest BCUT2D eigenvalue weighted by Crippen LogP contribution is 2.22. The number of nitrogens with one attached hydrogen (secondary N) is 3. The number of nitrogens with zero attached hydrogens (tertiary/aromatic N) is 6.